The van der Waals surface area contributed by atoms with E-state index in [4.69, 9.17) is 4.74 Å². The number of H-pyrrole nitrogens is 1. The maximum atomic E-state index is 12.3. The van der Waals surface area contributed by atoms with E-state index >= 15 is 0 Å². The molecular weight excluding hydrogens is 256 g/mol. The van der Waals surface area contributed by atoms with Crippen LogP contribution in [0.2, 0.25) is 0 Å². The number of ether oxygens (including phenoxy) is 1. The Hall–Kier alpha value is -1.78. The molecule has 2 N–H and O–H groups in total. The van der Waals surface area contributed by atoms with Crippen LogP contribution in [0.25, 0.3) is 0 Å². The highest BCUT2D eigenvalue weighted by molar-refractivity contribution is 6.00. The molecule has 0 aliphatic heterocycles. The van der Waals surface area contributed by atoms with Crippen LogP contribution in [0.3, 0.4) is 0 Å². The fraction of sp³-hybridized carbons (Fsp3) is 0.600. The lowest BCUT2D eigenvalue weighted by atomic mass is 10.1. The van der Waals surface area contributed by atoms with Gasteiger partial charge in [0, 0.05) is 11.7 Å². The number of hydrogen-bond acceptors (Lipinski definition) is 3. The Morgan fingerprint density at radius 1 is 1.35 bits per heavy atom. The van der Waals surface area contributed by atoms with Gasteiger partial charge < -0.3 is 15.0 Å². The van der Waals surface area contributed by atoms with Gasteiger partial charge in [0.25, 0.3) is 5.91 Å². The molecule has 0 radical (unpaired) electrons. The monoisotopic (exact) mass is 278 g/mol. The SMILES string of the molecule is CCc1[nH]c(C(=O)NC2CCCC2)c(C)c1C(=O)OC. The smallest absolute Gasteiger partial charge is 0.339 e. The van der Waals surface area contributed by atoms with Crippen molar-refractivity contribution < 1.29 is 14.3 Å². The van der Waals surface area contributed by atoms with Gasteiger partial charge in [-0.1, -0.05) is 19.8 Å². The summed E-state index contributed by atoms with van der Waals surface area (Å²) in [6.07, 6.45) is 5.07. The average molecular weight is 278 g/mol. The Bertz CT molecular complexity index is 513. The minimum absolute atomic E-state index is 0.126. The number of aromatic nitrogens is 1. The van der Waals surface area contributed by atoms with Crippen LogP contribution in [0.5, 0.6) is 0 Å². The molecule has 1 heterocycles. The van der Waals surface area contributed by atoms with Crippen molar-refractivity contribution in [2.75, 3.05) is 7.11 Å². The van der Waals surface area contributed by atoms with Gasteiger partial charge in [0.05, 0.1) is 12.7 Å². The van der Waals surface area contributed by atoms with Crippen molar-refractivity contribution in [3.05, 3.63) is 22.5 Å². The van der Waals surface area contributed by atoms with Crippen molar-refractivity contribution in [3.63, 3.8) is 0 Å². The molecule has 0 saturated heterocycles. The molecule has 1 fully saturated rings. The summed E-state index contributed by atoms with van der Waals surface area (Å²) in [5.41, 5.74) is 2.40. The van der Waals surface area contributed by atoms with Gasteiger partial charge in [-0.05, 0) is 31.7 Å². The average Bonchev–Trinajstić information content (AvgIpc) is 3.05. The molecule has 0 aromatic carbocycles. The number of amides is 1. The molecule has 5 heteroatoms. The molecule has 1 aromatic rings. The molecule has 110 valence electrons. The highest BCUT2D eigenvalue weighted by Gasteiger charge is 2.25. The molecule has 0 atom stereocenters. The van der Waals surface area contributed by atoms with Crippen LogP contribution >= 0.6 is 0 Å². The first-order valence-corrected chi connectivity index (χ1v) is 7.19. The minimum Gasteiger partial charge on any atom is -0.465 e. The zero-order valence-corrected chi connectivity index (χ0v) is 12.3. The van der Waals surface area contributed by atoms with E-state index < -0.39 is 5.97 Å². The Morgan fingerprint density at radius 2 is 2.00 bits per heavy atom. The van der Waals surface area contributed by atoms with Crippen molar-refractivity contribution in [2.45, 2.75) is 52.0 Å². The summed E-state index contributed by atoms with van der Waals surface area (Å²) in [5, 5.41) is 3.04. The second kappa shape index (κ2) is 6.11. The zero-order chi connectivity index (χ0) is 14.7. The van der Waals surface area contributed by atoms with E-state index in [1.165, 1.54) is 20.0 Å². The lowest BCUT2D eigenvalue weighted by Crippen LogP contribution is -2.33. The van der Waals surface area contributed by atoms with Crippen LogP contribution < -0.4 is 5.32 Å². The van der Waals surface area contributed by atoms with E-state index in [0.29, 0.717) is 23.2 Å². The first-order valence-electron chi connectivity index (χ1n) is 7.19. The summed E-state index contributed by atoms with van der Waals surface area (Å²) >= 11 is 0. The normalized spacial score (nSPS) is 15.3. The standard InChI is InChI=1S/C15H22N2O3/c1-4-11-12(15(19)20-3)9(2)13(17-11)14(18)16-10-7-5-6-8-10/h10,17H,4-8H2,1-3H3,(H,16,18). The molecule has 0 unspecified atom stereocenters. The van der Waals surface area contributed by atoms with Gasteiger partial charge in [0.1, 0.15) is 5.69 Å². The molecule has 1 aliphatic carbocycles. The van der Waals surface area contributed by atoms with Gasteiger partial charge in [-0.15, -0.1) is 0 Å². The summed E-state index contributed by atoms with van der Waals surface area (Å²) in [6, 6.07) is 0.261. The predicted molar refractivity (Wildman–Crippen MR) is 76.0 cm³/mol. The van der Waals surface area contributed by atoms with Crippen LogP contribution in [-0.4, -0.2) is 30.0 Å². The summed E-state index contributed by atoms with van der Waals surface area (Å²) in [4.78, 5) is 27.2. The molecule has 1 aliphatic rings. The fourth-order valence-electron chi connectivity index (χ4n) is 2.86. The van der Waals surface area contributed by atoms with Gasteiger partial charge >= 0.3 is 5.97 Å². The predicted octanol–water partition coefficient (Wildman–Crippen LogP) is 2.34. The van der Waals surface area contributed by atoms with Crippen LogP contribution in [0.1, 0.15) is 64.7 Å². The van der Waals surface area contributed by atoms with Crippen molar-refractivity contribution in [1.82, 2.24) is 10.3 Å². The molecule has 5 nitrogen and oxygen atoms in total. The zero-order valence-electron chi connectivity index (χ0n) is 12.3. The van der Waals surface area contributed by atoms with E-state index in [0.717, 1.165) is 18.5 Å². The summed E-state index contributed by atoms with van der Waals surface area (Å²) in [6.45, 7) is 3.72. The topological polar surface area (TPSA) is 71.2 Å². The van der Waals surface area contributed by atoms with Crippen LogP contribution in [0, 0.1) is 6.92 Å². The molecule has 0 bridgehead atoms. The van der Waals surface area contributed by atoms with Gasteiger partial charge in [-0.25, -0.2) is 4.79 Å². The molecule has 0 spiro atoms. The molecule has 1 saturated carbocycles. The van der Waals surface area contributed by atoms with Crippen LogP contribution in [0.4, 0.5) is 0 Å². The Kier molecular flexibility index (Phi) is 4.47. The largest absolute Gasteiger partial charge is 0.465 e. The lowest BCUT2D eigenvalue weighted by Gasteiger charge is -2.11. The van der Waals surface area contributed by atoms with Gasteiger partial charge in [-0.3, -0.25) is 4.79 Å². The third kappa shape index (κ3) is 2.71. The molecule has 1 aromatic heterocycles. The number of aromatic amines is 1. The molecule has 20 heavy (non-hydrogen) atoms. The number of hydrogen-bond donors (Lipinski definition) is 2. The van der Waals surface area contributed by atoms with Crippen molar-refractivity contribution in [3.8, 4) is 0 Å². The maximum absolute atomic E-state index is 12.3. The molecular formula is C15H22N2O3. The van der Waals surface area contributed by atoms with Gasteiger partial charge in [0.2, 0.25) is 0 Å². The van der Waals surface area contributed by atoms with E-state index in [-0.39, 0.29) is 11.9 Å². The number of rotatable bonds is 4. The number of methoxy groups -OCH3 is 1. The van der Waals surface area contributed by atoms with Crippen LogP contribution in [-0.2, 0) is 11.2 Å². The maximum Gasteiger partial charge on any atom is 0.339 e. The number of esters is 1. The summed E-state index contributed by atoms with van der Waals surface area (Å²) < 4.78 is 4.80. The second-order valence-corrected chi connectivity index (χ2v) is 5.28. The first-order chi connectivity index (χ1) is 9.58. The van der Waals surface area contributed by atoms with Crippen molar-refractivity contribution in [1.29, 1.82) is 0 Å². The Labute approximate surface area is 119 Å². The summed E-state index contributed by atoms with van der Waals surface area (Å²) in [7, 11) is 1.35. The van der Waals surface area contributed by atoms with E-state index in [9.17, 15) is 9.59 Å². The van der Waals surface area contributed by atoms with Crippen molar-refractivity contribution in [2.24, 2.45) is 0 Å². The van der Waals surface area contributed by atoms with Gasteiger partial charge in [0.15, 0.2) is 0 Å². The molecule has 2 rings (SSSR count). The molecule has 1 amide bonds. The minimum atomic E-state index is -0.393. The Balaban J connectivity index is 2.25. The number of carbonyl (C=O) groups excluding carboxylic acids is 2. The number of nitrogens with one attached hydrogen (secondary N) is 2. The third-order valence-corrected chi connectivity index (χ3v) is 3.99. The highest BCUT2D eigenvalue weighted by atomic mass is 16.5. The van der Waals surface area contributed by atoms with E-state index in [1.807, 2.05) is 6.92 Å². The highest BCUT2D eigenvalue weighted by Crippen LogP contribution is 2.22. The van der Waals surface area contributed by atoms with Crippen molar-refractivity contribution >= 4 is 11.9 Å². The van der Waals surface area contributed by atoms with E-state index in [1.54, 1.807) is 6.92 Å². The third-order valence-electron chi connectivity index (χ3n) is 3.99. The number of aryl methyl sites for hydroxylation is 1. The van der Waals surface area contributed by atoms with E-state index in [2.05, 4.69) is 10.3 Å². The van der Waals surface area contributed by atoms with Gasteiger partial charge in [-0.2, -0.15) is 0 Å². The van der Waals surface area contributed by atoms with Crippen LogP contribution in [0.15, 0.2) is 0 Å². The second-order valence-electron chi connectivity index (χ2n) is 5.28. The lowest BCUT2D eigenvalue weighted by molar-refractivity contribution is 0.0599. The number of carbonyl (C=O) groups is 2. The fourth-order valence-corrected chi connectivity index (χ4v) is 2.86. The Morgan fingerprint density at radius 3 is 2.55 bits per heavy atom. The quantitative estimate of drug-likeness (QED) is 0.830. The first kappa shape index (κ1) is 14.6. The summed E-state index contributed by atoms with van der Waals surface area (Å²) in [5.74, 6) is -0.519.